The summed E-state index contributed by atoms with van der Waals surface area (Å²) < 4.78 is 201. The Labute approximate surface area is 185 Å². The summed E-state index contributed by atoms with van der Waals surface area (Å²) in [7, 11) is 0. The zero-order valence-electron chi connectivity index (χ0n) is 16.8. The highest BCUT2D eigenvalue weighted by Gasteiger charge is 2.78. The van der Waals surface area contributed by atoms with Crippen molar-refractivity contribution in [3.8, 4) is 0 Å². The summed E-state index contributed by atoms with van der Waals surface area (Å²) in [5.74, 6) is -12.9. The van der Waals surface area contributed by atoms with E-state index >= 15 is 0 Å². The molecular weight excluding hydrogens is 541 g/mol. The van der Waals surface area contributed by atoms with Crippen LogP contribution in [0.1, 0.15) is 26.2 Å². The number of rotatable bonds is 4. The van der Waals surface area contributed by atoms with Gasteiger partial charge in [0.25, 0.3) is 11.2 Å². The maximum absolute atomic E-state index is 13.2. The predicted molar refractivity (Wildman–Crippen MR) is 80.0 cm³/mol. The lowest BCUT2D eigenvalue weighted by Gasteiger charge is -2.48. The molecule has 1 saturated carbocycles. The van der Waals surface area contributed by atoms with Gasteiger partial charge in [-0.2, -0.15) is 65.9 Å². The number of aliphatic hydroxyl groups is 2. The molecule has 2 N–H and O–H groups in total. The van der Waals surface area contributed by atoms with Gasteiger partial charge in [-0.3, -0.25) is 4.79 Å². The first kappa shape index (κ1) is 31.4. The van der Waals surface area contributed by atoms with E-state index in [-0.39, 0.29) is 6.92 Å². The lowest BCUT2D eigenvalue weighted by atomic mass is 9.65. The van der Waals surface area contributed by atoms with Crippen molar-refractivity contribution >= 4 is 5.97 Å². The highest BCUT2D eigenvalue weighted by atomic mass is 19.4. The van der Waals surface area contributed by atoms with Crippen LogP contribution in [0.4, 0.5) is 65.9 Å². The van der Waals surface area contributed by atoms with Crippen LogP contribution in [0.3, 0.4) is 0 Å². The van der Waals surface area contributed by atoms with Crippen LogP contribution >= 0.6 is 0 Å². The number of hydrogen-bond donors (Lipinski definition) is 2. The van der Waals surface area contributed by atoms with Crippen molar-refractivity contribution in [3.63, 3.8) is 0 Å². The summed E-state index contributed by atoms with van der Waals surface area (Å²) in [4.78, 5) is 11.6. The van der Waals surface area contributed by atoms with Gasteiger partial charge in [0.15, 0.2) is 0 Å². The Morgan fingerprint density at radius 1 is 0.657 bits per heavy atom. The first-order chi connectivity index (χ1) is 15.1. The smallest absolute Gasteiger partial charge is 0.426 e. The van der Waals surface area contributed by atoms with Crippen LogP contribution in [0.25, 0.3) is 0 Å². The molecule has 0 aromatic carbocycles. The van der Waals surface area contributed by atoms with Gasteiger partial charge < -0.3 is 14.9 Å². The molecule has 3 atom stereocenters. The molecule has 19 heteroatoms. The molecule has 4 nitrogen and oxygen atoms in total. The monoisotopic (exact) mass is 556 g/mol. The minimum Gasteiger partial charge on any atom is -0.462 e. The molecular formula is C16H15F15O4. The van der Waals surface area contributed by atoms with Gasteiger partial charge in [-0.15, -0.1) is 0 Å². The topological polar surface area (TPSA) is 66.8 Å². The van der Waals surface area contributed by atoms with Crippen molar-refractivity contribution in [2.45, 2.75) is 74.4 Å². The maximum Gasteiger partial charge on any atom is 0.426 e. The van der Waals surface area contributed by atoms with Gasteiger partial charge in [0.1, 0.15) is 12.0 Å². The standard InChI is InChI=1S/C16H15F15O4/c1-5(12(17,18)19)9(32)35-8-3-6(10(33,13(20,21)22)14(23,24)25)2-7(4-8)11(34,15(26,27)28)16(29,30)31/h5-8,33-34H,2-4H2,1H3. The van der Waals surface area contributed by atoms with Crippen molar-refractivity contribution in [3.05, 3.63) is 0 Å². The van der Waals surface area contributed by atoms with Gasteiger partial charge in [-0.25, -0.2) is 0 Å². The van der Waals surface area contributed by atoms with Crippen molar-refractivity contribution in [1.82, 2.24) is 0 Å². The van der Waals surface area contributed by atoms with Gasteiger partial charge in [0, 0.05) is 11.8 Å². The Morgan fingerprint density at radius 2 is 0.943 bits per heavy atom. The van der Waals surface area contributed by atoms with E-state index in [0.717, 1.165) is 0 Å². The maximum atomic E-state index is 13.2. The van der Waals surface area contributed by atoms with Crippen LogP contribution < -0.4 is 0 Å². The number of hydrogen-bond acceptors (Lipinski definition) is 4. The van der Waals surface area contributed by atoms with E-state index in [2.05, 4.69) is 4.74 Å². The Morgan fingerprint density at radius 3 is 1.17 bits per heavy atom. The van der Waals surface area contributed by atoms with Gasteiger partial charge in [0.05, 0.1) is 0 Å². The minimum absolute atomic E-state index is 0.0870. The average molecular weight is 556 g/mol. The highest BCUT2D eigenvalue weighted by molar-refractivity contribution is 5.73. The number of esters is 1. The molecule has 0 aromatic heterocycles. The summed E-state index contributed by atoms with van der Waals surface area (Å²) in [6.45, 7) is 0.0870. The predicted octanol–water partition coefficient (Wildman–Crippen LogP) is 5.22. The van der Waals surface area contributed by atoms with Gasteiger partial charge in [-0.1, -0.05) is 0 Å². The highest BCUT2D eigenvalue weighted by Crippen LogP contribution is 2.58. The normalized spacial score (nSPS) is 24.8. The van der Waals surface area contributed by atoms with Crippen molar-refractivity contribution < 1.29 is 85.6 Å². The fourth-order valence-corrected chi connectivity index (χ4v) is 3.69. The molecule has 208 valence electrons. The Balaban J connectivity index is 3.67. The fraction of sp³-hybridized carbons (Fsp3) is 0.938. The lowest BCUT2D eigenvalue weighted by Crippen LogP contribution is -2.67. The first-order valence-corrected chi connectivity index (χ1v) is 9.11. The third-order valence-corrected chi connectivity index (χ3v) is 5.70. The Hall–Kier alpha value is -1.66. The fourth-order valence-electron chi connectivity index (χ4n) is 3.69. The van der Waals surface area contributed by atoms with E-state index < -0.39 is 91.2 Å². The zero-order valence-corrected chi connectivity index (χ0v) is 16.8. The molecule has 1 fully saturated rings. The number of alkyl halides is 15. The van der Waals surface area contributed by atoms with Gasteiger partial charge in [0.2, 0.25) is 0 Å². The molecule has 1 rings (SSSR count). The number of carbonyl (C=O) groups is 1. The molecule has 0 spiro atoms. The molecule has 0 aromatic rings. The summed E-state index contributed by atoms with van der Waals surface area (Å²) in [5, 5.41) is 18.9. The minimum atomic E-state index is -6.76. The molecule has 0 aliphatic heterocycles. The van der Waals surface area contributed by atoms with Crippen molar-refractivity contribution in [2.24, 2.45) is 17.8 Å². The SMILES string of the molecule is CC(C(=O)OC1CC(C(O)(C(F)(F)F)C(F)(F)F)CC(C(O)(C(F)(F)F)C(F)(F)F)C1)C(F)(F)F. The number of carbonyl (C=O) groups excluding carboxylic acids is 1. The Bertz CT molecular complexity index is 687. The molecule has 0 heterocycles. The molecule has 0 amide bonds. The van der Waals surface area contributed by atoms with Crippen molar-refractivity contribution in [1.29, 1.82) is 0 Å². The average Bonchev–Trinajstić information content (AvgIpc) is 2.61. The molecule has 35 heavy (non-hydrogen) atoms. The van der Waals surface area contributed by atoms with Crippen LogP contribution in [0.5, 0.6) is 0 Å². The first-order valence-electron chi connectivity index (χ1n) is 9.11. The van der Waals surface area contributed by atoms with E-state index in [1.54, 1.807) is 0 Å². The number of halogens is 15. The van der Waals surface area contributed by atoms with E-state index in [0.29, 0.717) is 0 Å². The molecule has 0 saturated heterocycles. The third-order valence-electron chi connectivity index (χ3n) is 5.70. The second-order valence-corrected chi connectivity index (χ2v) is 7.95. The van der Waals surface area contributed by atoms with Crippen LogP contribution in [0, 0.1) is 17.8 Å². The molecule has 1 aliphatic carbocycles. The van der Waals surface area contributed by atoms with Gasteiger partial charge >= 0.3 is 36.9 Å². The van der Waals surface area contributed by atoms with E-state index in [4.69, 9.17) is 0 Å². The molecule has 0 radical (unpaired) electrons. The summed E-state index contributed by atoms with van der Waals surface area (Å²) in [6, 6.07) is 0. The van der Waals surface area contributed by atoms with E-state index in [9.17, 15) is 80.9 Å². The quantitative estimate of drug-likeness (QED) is 0.368. The Kier molecular flexibility index (Phi) is 8.09. The zero-order chi connectivity index (χ0) is 28.2. The largest absolute Gasteiger partial charge is 0.462 e. The van der Waals surface area contributed by atoms with Gasteiger partial charge in [-0.05, 0) is 26.2 Å². The molecule has 3 unspecified atom stereocenters. The molecule has 1 aliphatic rings. The number of ether oxygens (including phenoxy) is 1. The summed E-state index contributed by atoms with van der Waals surface area (Å²) >= 11 is 0. The second-order valence-electron chi connectivity index (χ2n) is 7.95. The second kappa shape index (κ2) is 9.02. The van der Waals surface area contributed by atoms with Crippen LogP contribution in [0.2, 0.25) is 0 Å². The summed E-state index contributed by atoms with van der Waals surface area (Å²) in [5.41, 5.74) is -12.0. The third kappa shape index (κ3) is 5.69. The van der Waals surface area contributed by atoms with E-state index in [1.165, 1.54) is 0 Å². The van der Waals surface area contributed by atoms with Crippen LogP contribution in [-0.2, 0) is 9.53 Å². The van der Waals surface area contributed by atoms with Crippen molar-refractivity contribution in [2.75, 3.05) is 0 Å². The lowest BCUT2D eigenvalue weighted by molar-refractivity contribution is -0.405. The molecule has 0 bridgehead atoms. The van der Waals surface area contributed by atoms with Crippen LogP contribution in [-0.4, -0.2) is 64.4 Å². The van der Waals surface area contributed by atoms with E-state index in [1.807, 2.05) is 0 Å². The summed E-state index contributed by atoms with van der Waals surface area (Å²) in [6.07, 6.45) is -41.6. The van der Waals surface area contributed by atoms with Crippen LogP contribution in [0.15, 0.2) is 0 Å².